The second-order valence-corrected chi connectivity index (χ2v) is 3.63. The lowest BCUT2D eigenvalue weighted by atomic mass is 10.1. The maximum absolute atomic E-state index is 11.7. The molecule has 1 N–H and O–H groups in total. The van der Waals surface area contributed by atoms with Crippen molar-refractivity contribution < 1.29 is 9.59 Å². The number of piperazine rings is 1. The molecule has 0 aliphatic carbocycles. The number of hydrogen-bond acceptors (Lipinski definition) is 2. The maximum atomic E-state index is 11.7. The van der Waals surface area contributed by atoms with Gasteiger partial charge in [0.15, 0.2) is 0 Å². The zero-order valence-corrected chi connectivity index (χ0v) is 8.62. The van der Waals surface area contributed by atoms with Crippen LogP contribution in [0.25, 0.3) is 0 Å². The van der Waals surface area contributed by atoms with Crippen molar-refractivity contribution in [2.45, 2.75) is 32.4 Å². The minimum atomic E-state index is -0.400. The van der Waals surface area contributed by atoms with Crippen LogP contribution in [0.5, 0.6) is 0 Å². The highest BCUT2D eigenvalue weighted by Gasteiger charge is 2.31. The molecule has 4 nitrogen and oxygen atoms in total. The molecule has 2 unspecified atom stereocenters. The lowest BCUT2D eigenvalue weighted by Gasteiger charge is -2.34. The molecule has 78 valence electrons. The molecule has 0 aromatic heterocycles. The third-order valence-electron chi connectivity index (χ3n) is 2.38. The largest absolute Gasteiger partial charge is 0.343 e. The first-order valence-electron chi connectivity index (χ1n) is 4.77. The lowest BCUT2D eigenvalue weighted by molar-refractivity contribution is -0.145. The van der Waals surface area contributed by atoms with Crippen molar-refractivity contribution >= 4 is 11.8 Å². The molecule has 1 fully saturated rings. The SMILES string of the molecule is C=CCC(C)N1CC(=O)NC(C)C1=O. The Morgan fingerprint density at radius 2 is 2.36 bits per heavy atom. The Bertz CT molecular complexity index is 263. The minimum absolute atomic E-state index is 0.0149. The molecular weight excluding hydrogens is 180 g/mol. The zero-order valence-electron chi connectivity index (χ0n) is 8.62. The lowest BCUT2D eigenvalue weighted by Crippen LogP contribution is -2.59. The fourth-order valence-electron chi connectivity index (χ4n) is 1.57. The van der Waals surface area contributed by atoms with Crippen molar-refractivity contribution in [3.63, 3.8) is 0 Å². The van der Waals surface area contributed by atoms with Gasteiger partial charge < -0.3 is 10.2 Å². The smallest absolute Gasteiger partial charge is 0.245 e. The van der Waals surface area contributed by atoms with Gasteiger partial charge in [-0.25, -0.2) is 0 Å². The molecule has 0 aromatic rings. The summed E-state index contributed by atoms with van der Waals surface area (Å²) < 4.78 is 0. The van der Waals surface area contributed by atoms with E-state index in [9.17, 15) is 9.59 Å². The number of rotatable bonds is 3. The summed E-state index contributed by atoms with van der Waals surface area (Å²) in [4.78, 5) is 24.5. The van der Waals surface area contributed by atoms with E-state index in [0.29, 0.717) is 6.42 Å². The summed E-state index contributed by atoms with van der Waals surface area (Å²) in [7, 11) is 0. The van der Waals surface area contributed by atoms with Gasteiger partial charge in [-0.15, -0.1) is 6.58 Å². The van der Waals surface area contributed by atoms with Crippen LogP contribution >= 0.6 is 0 Å². The van der Waals surface area contributed by atoms with Gasteiger partial charge in [0.05, 0.1) is 6.54 Å². The predicted octanol–water partition coefficient (Wildman–Crippen LogP) is 0.298. The van der Waals surface area contributed by atoms with Crippen LogP contribution in [0.1, 0.15) is 20.3 Å². The Morgan fingerprint density at radius 3 is 2.93 bits per heavy atom. The summed E-state index contributed by atoms with van der Waals surface area (Å²) in [6.07, 6.45) is 2.47. The summed E-state index contributed by atoms with van der Waals surface area (Å²) >= 11 is 0. The van der Waals surface area contributed by atoms with Crippen LogP contribution < -0.4 is 5.32 Å². The van der Waals surface area contributed by atoms with E-state index >= 15 is 0 Å². The third-order valence-corrected chi connectivity index (χ3v) is 2.38. The predicted molar refractivity (Wildman–Crippen MR) is 53.6 cm³/mol. The van der Waals surface area contributed by atoms with E-state index in [4.69, 9.17) is 0 Å². The first kappa shape index (κ1) is 10.8. The Balaban J connectivity index is 2.70. The van der Waals surface area contributed by atoms with Gasteiger partial charge in [0.2, 0.25) is 11.8 Å². The molecule has 1 heterocycles. The first-order chi connectivity index (χ1) is 6.56. The van der Waals surface area contributed by atoms with E-state index in [2.05, 4.69) is 11.9 Å². The quantitative estimate of drug-likeness (QED) is 0.660. The molecule has 0 radical (unpaired) electrons. The summed E-state index contributed by atoms with van der Waals surface area (Å²) in [5.41, 5.74) is 0. The second-order valence-electron chi connectivity index (χ2n) is 3.63. The van der Waals surface area contributed by atoms with Crippen molar-refractivity contribution in [1.82, 2.24) is 10.2 Å². The van der Waals surface area contributed by atoms with Crippen LogP contribution in [0.15, 0.2) is 12.7 Å². The van der Waals surface area contributed by atoms with E-state index in [1.54, 1.807) is 17.9 Å². The Hall–Kier alpha value is -1.32. The first-order valence-corrected chi connectivity index (χ1v) is 4.77. The molecular formula is C10H16N2O2. The molecule has 1 aliphatic rings. The Labute approximate surface area is 84.0 Å². The van der Waals surface area contributed by atoms with E-state index in [1.807, 2.05) is 6.92 Å². The summed E-state index contributed by atoms with van der Waals surface area (Å²) in [5, 5.41) is 2.60. The number of hydrogen-bond donors (Lipinski definition) is 1. The van der Waals surface area contributed by atoms with Gasteiger partial charge in [0.25, 0.3) is 0 Å². The maximum Gasteiger partial charge on any atom is 0.245 e. The molecule has 0 bridgehead atoms. The molecule has 0 aromatic carbocycles. The van der Waals surface area contributed by atoms with Crippen molar-refractivity contribution in [2.75, 3.05) is 6.54 Å². The number of carbonyl (C=O) groups excluding carboxylic acids is 2. The van der Waals surface area contributed by atoms with Gasteiger partial charge >= 0.3 is 0 Å². The van der Waals surface area contributed by atoms with E-state index in [-0.39, 0.29) is 24.4 Å². The molecule has 2 amide bonds. The van der Waals surface area contributed by atoms with Crippen molar-refractivity contribution in [3.05, 3.63) is 12.7 Å². The van der Waals surface area contributed by atoms with Gasteiger partial charge in [-0.2, -0.15) is 0 Å². The van der Waals surface area contributed by atoms with Crippen molar-refractivity contribution in [3.8, 4) is 0 Å². The fourth-order valence-corrected chi connectivity index (χ4v) is 1.57. The summed E-state index contributed by atoms with van der Waals surface area (Å²) in [6.45, 7) is 7.41. The van der Waals surface area contributed by atoms with Crippen LogP contribution in [0.2, 0.25) is 0 Å². The average Bonchev–Trinajstić information content (AvgIpc) is 2.11. The molecule has 2 atom stereocenters. The molecule has 0 spiro atoms. The minimum Gasteiger partial charge on any atom is -0.343 e. The Kier molecular flexibility index (Phi) is 3.28. The van der Waals surface area contributed by atoms with Gasteiger partial charge in [0, 0.05) is 6.04 Å². The molecule has 14 heavy (non-hydrogen) atoms. The molecule has 1 aliphatic heterocycles. The van der Waals surface area contributed by atoms with Crippen LogP contribution in [0.4, 0.5) is 0 Å². The number of carbonyl (C=O) groups is 2. The van der Waals surface area contributed by atoms with E-state index in [1.165, 1.54) is 0 Å². The topological polar surface area (TPSA) is 49.4 Å². The fraction of sp³-hybridized carbons (Fsp3) is 0.600. The summed E-state index contributed by atoms with van der Waals surface area (Å²) in [5.74, 6) is -0.105. The highest BCUT2D eigenvalue weighted by molar-refractivity contribution is 5.94. The van der Waals surface area contributed by atoms with E-state index in [0.717, 1.165) is 0 Å². The normalized spacial score (nSPS) is 24.4. The van der Waals surface area contributed by atoms with Crippen LogP contribution in [0, 0.1) is 0 Å². The van der Waals surface area contributed by atoms with Gasteiger partial charge in [0.1, 0.15) is 6.04 Å². The number of nitrogens with zero attached hydrogens (tertiary/aromatic N) is 1. The number of amides is 2. The van der Waals surface area contributed by atoms with Crippen molar-refractivity contribution in [2.24, 2.45) is 0 Å². The highest BCUT2D eigenvalue weighted by Crippen LogP contribution is 2.10. The number of nitrogens with one attached hydrogen (secondary N) is 1. The Morgan fingerprint density at radius 1 is 1.71 bits per heavy atom. The van der Waals surface area contributed by atoms with Gasteiger partial charge in [-0.1, -0.05) is 6.08 Å². The average molecular weight is 196 g/mol. The monoisotopic (exact) mass is 196 g/mol. The van der Waals surface area contributed by atoms with Gasteiger partial charge in [-0.3, -0.25) is 9.59 Å². The second kappa shape index (κ2) is 4.26. The van der Waals surface area contributed by atoms with Crippen molar-refractivity contribution in [1.29, 1.82) is 0 Å². The molecule has 0 saturated carbocycles. The molecule has 1 rings (SSSR count). The third kappa shape index (κ3) is 2.13. The molecule has 4 heteroatoms. The standard InChI is InChI=1S/C10H16N2O2/c1-4-5-7(2)12-6-9(13)11-8(3)10(12)14/h4,7-8H,1,5-6H2,2-3H3,(H,11,13). The van der Waals surface area contributed by atoms with Crippen LogP contribution in [-0.4, -0.2) is 35.3 Å². The van der Waals surface area contributed by atoms with Crippen LogP contribution in [-0.2, 0) is 9.59 Å². The van der Waals surface area contributed by atoms with Gasteiger partial charge in [-0.05, 0) is 20.3 Å². The molecule has 1 saturated heterocycles. The zero-order chi connectivity index (χ0) is 10.7. The van der Waals surface area contributed by atoms with Crippen LogP contribution in [0.3, 0.4) is 0 Å². The highest BCUT2D eigenvalue weighted by atomic mass is 16.2. The summed E-state index contributed by atoms with van der Waals surface area (Å²) in [6, 6.07) is -0.350. The van der Waals surface area contributed by atoms with E-state index < -0.39 is 6.04 Å².